The Morgan fingerprint density at radius 1 is 1.06 bits per heavy atom. The van der Waals surface area contributed by atoms with Crippen LogP contribution in [0.25, 0.3) is 16.6 Å². The molecule has 2 N–H and O–H groups in total. The number of ether oxygens (including phenoxy) is 1. The number of nitrogens with zero attached hydrogens (tertiary/aromatic N) is 2. The molecule has 0 saturated carbocycles. The Morgan fingerprint density at radius 3 is 2.59 bits per heavy atom. The van der Waals surface area contributed by atoms with Crippen LogP contribution in [-0.2, 0) is 6.42 Å². The molecule has 5 rings (SSSR count). The Labute approximate surface area is 183 Å². The van der Waals surface area contributed by atoms with Gasteiger partial charge in [0.2, 0.25) is 0 Å². The van der Waals surface area contributed by atoms with Gasteiger partial charge in [-0.3, -0.25) is 14.2 Å². The van der Waals surface area contributed by atoms with Gasteiger partial charge in [-0.15, -0.1) is 0 Å². The predicted octanol–water partition coefficient (Wildman–Crippen LogP) is 3.44. The third-order valence-electron chi connectivity index (χ3n) is 5.73. The molecular formula is C25H21N3O4. The molecule has 1 aromatic heterocycles. The maximum atomic E-state index is 13.7. The Kier molecular flexibility index (Phi) is 4.66. The van der Waals surface area contributed by atoms with Crippen LogP contribution < -0.4 is 15.6 Å². The van der Waals surface area contributed by atoms with Gasteiger partial charge in [-0.1, -0.05) is 18.2 Å². The average Bonchev–Trinajstić information content (AvgIpc) is 2.90. The second kappa shape index (κ2) is 7.53. The second-order valence-corrected chi connectivity index (χ2v) is 7.91. The number of hydrogen-bond acceptors (Lipinski definition) is 5. The lowest BCUT2D eigenvalue weighted by atomic mass is 10.0. The van der Waals surface area contributed by atoms with Crippen LogP contribution in [0.2, 0.25) is 0 Å². The molecule has 1 aliphatic heterocycles. The van der Waals surface area contributed by atoms with Crippen molar-refractivity contribution < 1.29 is 14.6 Å². The summed E-state index contributed by atoms with van der Waals surface area (Å²) in [5.41, 5.74) is 3.01. The number of aromatic nitrogens is 2. The highest BCUT2D eigenvalue weighted by Crippen LogP contribution is 2.29. The summed E-state index contributed by atoms with van der Waals surface area (Å²) >= 11 is 0. The molecular weight excluding hydrogens is 406 g/mol. The molecule has 1 aliphatic rings. The molecule has 0 bridgehead atoms. The van der Waals surface area contributed by atoms with Crippen molar-refractivity contribution >= 4 is 16.8 Å². The van der Waals surface area contributed by atoms with Crippen molar-refractivity contribution in [2.75, 3.05) is 7.11 Å². The van der Waals surface area contributed by atoms with Crippen molar-refractivity contribution in [2.24, 2.45) is 0 Å². The van der Waals surface area contributed by atoms with Crippen molar-refractivity contribution in [3.63, 3.8) is 0 Å². The van der Waals surface area contributed by atoms with Gasteiger partial charge in [-0.25, -0.2) is 4.98 Å². The summed E-state index contributed by atoms with van der Waals surface area (Å²) in [6, 6.07) is 16.8. The monoisotopic (exact) mass is 427 g/mol. The molecule has 7 heteroatoms. The summed E-state index contributed by atoms with van der Waals surface area (Å²) < 4.78 is 6.83. The Bertz CT molecular complexity index is 1420. The number of aryl methyl sites for hydroxylation is 1. The smallest absolute Gasteiger partial charge is 0.266 e. The van der Waals surface area contributed by atoms with Gasteiger partial charge >= 0.3 is 0 Å². The minimum absolute atomic E-state index is 0.163. The van der Waals surface area contributed by atoms with E-state index >= 15 is 0 Å². The van der Waals surface area contributed by atoms with Gasteiger partial charge in [0.05, 0.1) is 35.3 Å². The molecule has 7 nitrogen and oxygen atoms in total. The summed E-state index contributed by atoms with van der Waals surface area (Å²) in [6.45, 7) is 1.92. The molecule has 1 atom stereocenters. The largest absolute Gasteiger partial charge is 0.508 e. The minimum atomic E-state index is -0.543. The zero-order valence-corrected chi connectivity index (χ0v) is 17.6. The number of fused-ring (bicyclic) bond motifs is 4. The number of carbonyl (C=O) groups excluding carboxylic acids is 1. The fraction of sp³-hybridized carbons (Fsp3) is 0.160. The summed E-state index contributed by atoms with van der Waals surface area (Å²) in [5, 5.41) is 13.1. The number of nitrogens with one attached hydrogen (secondary N) is 1. The van der Waals surface area contributed by atoms with E-state index in [0.717, 1.165) is 11.1 Å². The molecule has 1 amide bonds. The van der Waals surface area contributed by atoms with Crippen LogP contribution in [0.15, 0.2) is 65.5 Å². The lowest BCUT2D eigenvalue weighted by molar-refractivity contribution is 0.0938. The fourth-order valence-electron chi connectivity index (χ4n) is 4.10. The molecule has 160 valence electrons. The molecule has 0 aliphatic carbocycles. The fourth-order valence-corrected chi connectivity index (χ4v) is 4.10. The van der Waals surface area contributed by atoms with E-state index in [1.807, 2.05) is 19.1 Å². The first kappa shape index (κ1) is 19.8. The van der Waals surface area contributed by atoms with Gasteiger partial charge < -0.3 is 15.2 Å². The Balaban J connectivity index is 1.79. The van der Waals surface area contributed by atoms with Gasteiger partial charge in [0.1, 0.15) is 17.3 Å². The number of carbonyl (C=O) groups is 1. The maximum Gasteiger partial charge on any atom is 0.266 e. The van der Waals surface area contributed by atoms with Crippen LogP contribution in [-0.4, -0.2) is 27.7 Å². The van der Waals surface area contributed by atoms with Crippen molar-refractivity contribution in [3.8, 4) is 17.2 Å². The molecule has 32 heavy (non-hydrogen) atoms. The van der Waals surface area contributed by atoms with Gasteiger partial charge in [0, 0.05) is 0 Å². The van der Waals surface area contributed by atoms with E-state index in [0.29, 0.717) is 40.1 Å². The number of amides is 1. The van der Waals surface area contributed by atoms with Crippen LogP contribution >= 0.6 is 0 Å². The van der Waals surface area contributed by atoms with Crippen molar-refractivity contribution in [1.29, 1.82) is 0 Å². The number of phenols is 1. The third kappa shape index (κ3) is 3.28. The number of aromatic hydroxyl groups is 1. The van der Waals surface area contributed by atoms with Crippen LogP contribution in [0, 0.1) is 6.92 Å². The Morgan fingerprint density at radius 2 is 1.84 bits per heavy atom. The molecule has 3 aromatic carbocycles. The van der Waals surface area contributed by atoms with Crippen LogP contribution in [0.3, 0.4) is 0 Å². The summed E-state index contributed by atoms with van der Waals surface area (Å²) in [4.78, 5) is 31.7. The van der Waals surface area contributed by atoms with E-state index < -0.39 is 6.04 Å². The first-order valence-electron chi connectivity index (χ1n) is 10.2. The predicted molar refractivity (Wildman–Crippen MR) is 121 cm³/mol. The van der Waals surface area contributed by atoms with E-state index in [2.05, 4.69) is 5.32 Å². The normalized spacial score (nSPS) is 14.9. The average molecular weight is 427 g/mol. The van der Waals surface area contributed by atoms with Gasteiger partial charge in [0.15, 0.2) is 0 Å². The first-order valence-corrected chi connectivity index (χ1v) is 10.2. The lowest BCUT2D eigenvalue weighted by Gasteiger charge is -2.19. The highest BCUT2D eigenvalue weighted by molar-refractivity contribution is 5.99. The zero-order valence-electron chi connectivity index (χ0n) is 17.6. The molecule has 0 saturated heterocycles. The first-order chi connectivity index (χ1) is 15.4. The second-order valence-electron chi connectivity index (χ2n) is 7.91. The van der Waals surface area contributed by atoms with Crippen molar-refractivity contribution in [2.45, 2.75) is 19.4 Å². The van der Waals surface area contributed by atoms with E-state index in [4.69, 9.17) is 9.72 Å². The quantitative estimate of drug-likeness (QED) is 0.523. The van der Waals surface area contributed by atoms with Gasteiger partial charge in [0.25, 0.3) is 11.5 Å². The van der Waals surface area contributed by atoms with Gasteiger partial charge in [-0.2, -0.15) is 0 Å². The number of hydrogen-bond donors (Lipinski definition) is 2. The minimum Gasteiger partial charge on any atom is -0.508 e. The lowest BCUT2D eigenvalue weighted by Crippen LogP contribution is -2.31. The standard InChI is InChI=1S/C25H21N3O4/c1-14-3-9-18-22(11-14)28-23(26-20-10-8-17(32-2)13-19(20)25(28)31)21(27-24(18)30)12-15-4-6-16(29)7-5-15/h3-11,13,21,29H,12H2,1-2H3,(H,27,30). The van der Waals surface area contributed by atoms with Crippen LogP contribution in [0.5, 0.6) is 11.5 Å². The summed E-state index contributed by atoms with van der Waals surface area (Å²) in [7, 11) is 1.55. The topological polar surface area (TPSA) is 93.5 Å². The molecule has 0 radical (unpaired) electrons. The highest BCUT2D eigenvalue weighted by atomic mass is 16.5. The molecule has 2 heterocycles. The van der Waals surface area contributed by atoms with Crippen molar-refractivity contribution in [3.05, 3.63) is 93.5 Å². The zero-order chi connectivity index (χ0) is 22.4. The van der Waals surface area contributed by atoms with Crippen molar-refractivity contribution in [1.82, 2.24) is 14.9 Å². The number of benzene rings is 3. The SMILES string of the molecule is COc1ccc2nc3n(c(=O)c2c1)-c1cc(C)ccc1C(=O)NC3Cc1ccc(O)cc1. The summed E-state index contributed by atoms with van der Waals surface area (Å²) in [5.74, 6) is 0.912. The van der Waals surface area contributed by atoms with Gasteiger partial charge in [-0.05, 0) is 66.9 Å². The van der Waals surface area contributed by atoms with Crippen LogP contribution in [0.1, 0.15) is 33.4 Å². The van der Waals surface area contributed by atoms with E-state index in [1.165, 1.54) is 4.57 Å². The molecule has 4 aromatic rings. The van der Waals surface area contributed by atoms with E-state index in [1.54, 1.807) is 55.6 Å². The molecule has 0 spiro atoms. The van der Waals surface area contributed by atoms with Crippen LogP contribution in [0.4, 0.5) is 0 Å². The Hall–Kier alpha value is -4.13. The summed E-state index contributed by atoms with van der Waals surface area (Å²) in [6.07, 6.45) is 0.410. The molecule has 0 fully saturated rings. The number of methoxy groups -OCH3 is 1. The maximum absolute atomic E-state index is 13.7. The number of phenolic OH excluding ortho intramolecular Hbond substituents is 1. The number of rotatable bonds is 3. The molecule has 1 unspecified atom stereocenters. The van der Waals surface area contributed by atoms with E-state index in [-0.39, 0.29) is 17.2 Å². The highest BCUT2D eigenvalue weighted by Gasteiger charge is 2.30. The van der Waals surface area contributed by atoms with E-state index in [9.17, 15) is 14.7 Å². The third-order valence-corrected chi connectivity index (χ3v) is 5.73.